The third-order valence-corrected chi connectivity index (χ3v) is 3.48. The topological polar surface area (TPSA) is 80.8 Å². The first-order chi connectivity index (χ1) is 11.7. The minimum Gasteiger partial charge on any atom is -0.457 e. The molecule has 0 saturated heterocycles. The zero-order valence-corrected chi connectivity index (χ0v) is 13.1. The molecule has 1 aromatic heterocycles. The first kappa shape index (κ1) is 15.7. The van der Waals surface area contributed by atoms with E-state index in [-0.39, 0.29) is 17.9 Å². The van der Waals surface area contributed by atoms with Crippen LogP contribution in [0.25, 0.3) is 5.69 Å². The largest absolute Gasteiger partial charge is 0.457 e. The molecule has 0 unspecified atom stereocenters. The smallest absolute Gasteiger partial charge is 0.340 e. The Kier molecular flexibility index (Phi) is 4.54. The van der Waals surface area contributed by atoms with Crippen molar-refractivity contribution in [1.82, 2.24) is 15.0 Å². The molecule has 3 aromatic rings. The normalized spacial score (nSPS) is 10.2. The summed E-state index contributed by atoms with van der Waals surface area (Å²) < 4.78 is 6.68. The summed E-state index contributed by atoms with van der Waals surface area (Å²) >= 11 is 5.99. The molecule has 2 aromatic carbocycles. The number of benzene rings is 2. The SMILES string of the molecule is N#Cc1cn(-c2ccc(Cl)cc2C(=O)OCc2ccccc2)nn1. The lowest BCUT2D eigenvalue weighted by molar-refractivity contribution is 0.0472. The van der Waals surface area contributed by atoms with Crippen molar-refractivity contribution in [3.63, 3.8) is 0 Å². The molecule has 0 aliphatic heterocycles. The number of rotatable bonds is 4. The molecule has 0 N–H and O–H groups in total. The Morgan fingerprint density at radius 2 is 2.04 bits per heavy atom. The number of carbonyl (C=O) groups is 1. The van der Waals surface area contributed by atoms with Gasteiger partial charge >= 0.3 is 5.97 Å². The fourth-order valence-corrected chi connectivity index (χ4v) is 2.28. The van der Waals surface area contributed by atoms with E-state index >= 15 is 0 Å². The first-order valence-electron chi connectivity index (χ1n) is 7.01. The van der Waals surface area contributed by atoms with Crippen molar-refractivity contribution < 1.29 is 9.53 Å². The van der Waals surface area contributed by atoms with Gasteiger partial charge < -0.3 is 4.74 Å². The van der Waals surface area contributed by atoms with Crippen molar-refractivity contribution in [2.45, 2.75) is 6.61 Å². The number of nitriles is 1. The van der Waals surface area contributed by atoms with Gasteiger partial charge in [-0.05, 0) is 23.8 Å². The molecule has 3 rings (SSSR count). The van der Waals surface area contributed by atoms with Crippen LogP contribution in [0.3, 0.4) is 0 Å². The molecular formula is C17H11ClN4O2. The molecule has 24 heavy (non-hydrogen) atoms. The van der Waals surface area contributed by atoms with Crippen molar-refractivity contribution in [2.75, 3.05) is 0 Å². The van der Waals surface area contributed by atoms with E-state index in [2.05, 4.69) is 10.3 Å². The first-order valence-corrected chi connectivity index (χ1v) is 7.38. The molecular weight excluding hydrogens is 328 g/mol. The molecule has 0 amide bonds. The van der Waals surface area contributed by atoms with Gasteiger partial charge in [0.25, 0.3) is 0 Å². The van der Waals surface area contributed by atoms with E-state index in [0.717, 1.165) is 5.56 Å². The van der Waals surface area contributed by atoms with E-state index < -0.39 is 5.97 Å². The molecule has 0 fully saturated rings. The Labute approximate surface area is 142 Å². The highest BCUT2D eigenvalue weighted by molar-refractivity contribution is 6.31. The van der Waals surface area contributed by atoms with E-state index in [9.17, 15) is 4.79 Å². The van der Waals surface area contributed by atoms with Crippen LogP contribution in [0.1, 0.15) is 21.6 Å². The van der Waals surface area contributed by atoms with Gasteiger partial charge in [-0.15, -0.1) is 5.10 Å². The highest BCUT2D eigenvalue weighted by Crippen LogP contribution is 2.21. The summed E-state index contributed by atoms with van der Waals surface area (Å²) in [7, 11) is 0. The molecule has 0 aliphatic rings. The van der Waals surface area contributed by atoms with Crippen LogP contribution in [-0.2, 0) is 11.3 Å². The summed E-state index contributed by atoms with van der Waals surface area (Å²) in [6.45, 7) is 0.145. The van der Waals surface area contributed by atoms with Crippen molar-refractivity contribution in [1.29, 1.82) is 5.26 Å². The van der Waals surface area contributed by atoms with E-state index in [1.807, 2.05) is 36.4 Å². The van der Waals surface area contributed by atoms with Crippen LogP contribution in [0.5, 0.6) is 0 Å². The molecule has 1 heterocycles. The van der Waals surface area contributed by atoms with Crippen LogP contribution >= 0.6 is 11.6 Å². The van der Waals surface area contributed by atoms with Gasteiger partial charge in [0.05, 0.1) is 17.4 Å². The fourth-order valence-electron chi connectivity index (χ4n) is 2.11. The van der Waals surface area contributed by atoms with Crippen LogP contribution in [0.2, 0.25) is 5.02 Å². The zero-order chi connectivity index (χ0) is 16.9. The molecule has 0 aliphatic carbocycles. The van der Waals surface area contributed by atoms with Gasteiger partial charge in [0.2, 0.25) is 0 Å². The van der Waals surface area contributed by atoms with E-state index in [0.29, 0.717) is 10.7 Å². The summed E-state index contributed by atoms with van der Waals surface area (Å²) in [5.41, 5.74) is 1.70. The quantitative estimate of drug-likeness (QED) is 0.682. The number of hydrogen-bond donors (Lipinski definition) is 0. The number of ether oxygens (including phenoxy) is 1. The molecule has 118 valence electrons. The molecule has 0 atom stereocenters. The van der Waals surface area contributed by atoms with Gasteiger partial charge in [-0.25, -0.2) is 9.48 Å². The summed E-state index contributed by atoms with van der Waals surface area (Å²) in [6.07, 6.45) is 1.43. The second-order valence-electron chi connectivity index (χ2n) is 4.88. The predicted molar refractivity (Wildman–Crippen MR) is 86.6 cm³/mol. The predicted octanol–water partition coefficient (Wildman–Crippen LogP) is 3.15. The molecule has 7 heteroatoms. The van der Waals surface area contributed by atoms with Gasteiger partial charge in [0.15, 0.2) is 5.69 Å². The summed E-state index contributed by atoms with van der Waals surface area (Å²) in [6, 6.07) is 16.0. The van der Waals surface area contributed by atoms with Crippen molar-refractivity contribution in [3.05, 3.63) is 76.6 Å². The van der Waals surface area contributed by atoms with Gasteiger partial charge in [-0.2, -0.15) is 5.26 Å². The summed E-state index contributed by atoms with van der Waals surface area (Å²) in [5, 5.41) is 16.8. The second kappa shape index (κ2) is 6.94. The Bertz CT molecular complexity index is 916. The van der Waals surface area contributed by atoms with Crippen LogP contribution < -0.4 is 0 Å². The Balaban J connectivity index is 1.87. The van der Waals surface area contributed by atoms with Crippen molar-refractivity contribution in [2.24, 2.45) is 0 Å². The minimum atomic E-state index is -0.537. The maximum Gasteiger partial charge on any atom is 0.340 e. The van der Waals surface area contributed by atoms with E-state index in [1.165, 1.54) is 16.9 Å². The number of aromatic nitrogens is 3. The highest BCUT2D eigenvalue weighted by atomic mass is 35.5. The van der Waals surface area contributed by atoms with Crippen LogP contribution in [-0.4, -0.2) is 21.0 Å². The lowest BCUT2D eigenvalue weighted by Crippen LogP contribution is -2.10. The van der Waals surface area contributed by atoms with Gasteiger partial charge in [-0.1, -0.05) is 47.1 Å². The lowest BCUT2D eigenvalue weighted by Gasteiger charge is -2.10. The van der Waals surface area contributed by atoms with Crippen LogP contribution in [0.4, 0.5) is 0 Å². The van der Waals surface area contributed by atoms with Crippen molar-refractivity contribution in [3.8, 4) is 11.8 Å². The zero-order valence-electron chi connectivity index (χ0n) is 12.4. The van der Waals surface area contributed by atoms with Gasteiger partial charge in [0.1, 0.15) is 12.7 Å². The highest BCUT2D eigenvalue weighted by Gasteiger charge is 2.16. The number of esters is 1. The Morgan fingerprint density at radius 3 is 2.75 bits per heavy atom. The van der Waals surface area contributed by atoms with E-state index in [1.54, 1.807) is 12.1 Å². The van der Waals surface area contributed by atoms with Crippen LogP contribution in [0, 0.1) is 11.3 Å². The van der Waals surface area contributed by atoms with Crippen molar-refractivity contribution >= 4 is 17.6 Å². The molecule has 0 bridgehead atoms. The Morgan fingerprint density at radius 1 is 1.25 bits per heavy atom. The van der Waals surface area contributed by atoms with Gasteiger partial charge in [-0.3, -0.25) is 0 Å². The van der Waals surface area contributed by atoms with E-state index in [4.69, 9.17) is 21.6 Å². The fraction of sp³-hybridized carbons (Fsp3) is 0.0588. The number of hydrogen-bond acceptors (Lipinski definition) is 5. The molecule has 0 saturated carbocycles. The average molecular weight is 339 g/mol. The maximum absolute atomic E-state index is 12.4. The monoisotopic (exact) mass is 338 g/mol. The van der Waals surface area contributed by atoms with Crippen LogP contribution in [0.15, 0.2) is 54.7 Å². The molecule has 0 spiro atoms. The lowest BCUT2D eigenvalue weighted by atomic mass is 10.1. The molecule has 0 radical (unpaired) electrons. The Hall–Kier alpha value is -3.17. The minimum absolute atomic E-state index is 0.145. The number of halogens is 1. The summed E-state index contributed by atoms with van der Waals surface area (Å²) in [5.74, 6) is -0.537. The maximum atomic E-state index is 12.4. The number of carbonyl (C=O) groups excluding carboxylic acids is 1. The standard InChI is InChI=1S/C17H11ClN4O2/c18-13-6-7-16(22-10-14(9-19)20-21-22)15(8-13)17(23)24-11-12-4-2-1-3-5-12/h1-8,10H,11H2. The average Bonchev–Trinajstić information content (AvgIpc) is 3.09. The van der Waals surface area contributed by atoms with Gasteiger partial charge in [0, 0.05) is 5.02 Å². The third-order valence-electron chi connectivity index (χ3n) is 3.25. The number of nitrogens with zero attached hydrogens (tertiary/aromatic N) is 4. The molecule has 6 nitrogen and oxygen atoms in total. The third kappa shape index (κ3) is 3.42. The second-order valence-corrected chi connectivity index (χ2v) is 5.32. The summed E-state index contributed by atoms with van der Waals surface area (Å²) in [4.78, 5) is 12.4.